The van der Waals surface area contributed by atoms with Crippen molar-refractivity contribution in [1.29, 1.82) is 0 Å². The standard InChI is InChI=1S/C18H17ClN4O3S/c1-11(19)8-9-23-14-15(22(2)17(26)21-16(14)25)20-18(23)27-10-13(24)12-6-4-3-5-7-12/h3-8H,9-10H2,1-2H3,(H,21,25,26). The fourth-order valence-electron chi connectivity index (χ4n) is 2.55. The number of imidazole rings is 1. The van der Waals surface area contributed by atoms with Crippen molar-refractivity contribution in [3.63, 3.8) is 0 Å². The van der Waals surface area contributed by atoms with Crippen molar-refractivity contribution in [3.8, 4) is 0 Å². The second-order valence-electron chi connectivity index (χ2n) is 5.86. The van der Waals surface area contributed by atoms with E-state index >= 15 is 0 Å². The van der Waals surface area contributed by atoms with Crippen molar-refractivity contribution in [3.05, 3.63) is 67.8 Å². The van der Waals surface area contributed by atoms with Crippen LogP contribution >= 0.6 is 23.4 Å². The number of Topliss-reactive ketones (excluding diaryl/α,β-unsaturated/α-hetero) is 1. The first kappa shape index (κ1) is 19.2. The van der Waals surface area contributed by atoms with Crippen LogP contribution in [0.4, 0.5) is 0 Å². The number of allylic oxidation sites excluding steroid dienone is 2. The number of H-pyrrole nitrogens is 1. The Balaban J connectivity index is 2.02. The lowest BCUT2D eigenvalue weighted by Crippen LogP contribution is -2.29. The van der Waals surface area contributed by atoms with Gasteiger partial charge in [0.05, 0.1) is 5.75 Å². The summed E-state index contributed by atoms with van der Waals surface area (Å²) in [5.41, 5.74) is 0.0648. The van der Waals surface area contributed by atoms with Crippen LogP contribution in [0, 0.1) is 0 Å². The molecule has 3 rings (SSSR count). The van der Waals surface area contributed by atoms with Gasteiger partial charge in [0.15, 0.2) is 22.1 Å². The summed E-state index contributed by atoms with van der Waals surface area (Å²) in [6, 6.07) is 8.95. The molecular weight excluding hydrogens is 388 g/mol. The molecule has 0 aliphatic rings. The molecular formula is C18H17ClN4O3S. The normalized spacial score (nSPS) is 11.9. The molecule has 27 heavy (non-hydrogen) atoms. The lowest BCUT2D eigenvalue weighted by atomic mass is 10.2. The Morgan fingerprint density at radius 2 is 2.00 bits per heavy atom. The van der Waals surface area contributed by atoms with Crippen LogP contribution in [0.5, 0.6) is 0 Å². The molecule has 140 valence electrons. The number of fused-ring (bicyclic) bond motifs is 1. The number of aromatic amines is 1. The maximum Gasteiger partial charge on any atom is 0.329 e. The molecule has 0 bridgehead atoms. The van der Waals surface area contributed by atoms with Crippen molar-refractivity contribution in [2.45, 2.75) is 18.6 Å². The number of carbonyl (C=O) groups is 1. The molecule has 0 spiro atoms. The van der Waals surface area contributed by atoms with Gasteiger partial charge in [0.25, 0.3) is 5.56 Å². The Morgan fingerprint density at radius 1 is 1.30 bits per heavy atom. The van der Waals surface area contributed by atoms with Gasteiger partial charge in [-0.05, 0) is 6.92 Å². The Bertz CT molecular complexity index is 1140. The largest absolute Gasteiger partial charge is 0.329 e. The third kappa shape index (κ3) is 4.06. The van der Waals surface area contributed by atoms with E-state index in [9.17, 15) is 14.4 Å². The number of carbonyl (C=O) groups excluding carboxylic acids is 1. The van der Waals surface area contributed by atoms with E-state index in [4.69, 9.17) is 11.6 Å². The summed E-state index contributed by atoms with van der Waals surface area (Å²) in [5, 5.41) is 1.03. The lowest BCUT2D eigenvalue weighted by molar-refractivity contribution is 0.102. The van der Waals surface area contributed by atoms with Crippen molar-refractivity contribution in [1.82, 2.24) is 19.1 Å². The van der Waals surface area contributed by atoms with Crippen LogP contribution in [0.3, 0.4) is 0 Å². The molecule has 0 saturated heterocycles. The Hall–Kier alpha value is -2.58. The number of halogens is 1. The number of aryl methyl sites for hydroxylation is 1. The van der Waals surface area contributed by atoms with E-state index in [1.807, 2.05) is 6.07 Å². The van der Waals surface area contributed by atoms with E-state index in [0.29, 0.717) is 22.3 Å². The lowest BCUT2D eigenvalue weighted by Gasteiger charge is -2.06. The van der Waals surface area contributed by atoms with Gasteiger partial charge in [0.2, 0.25) is 0 Å². The van der Waals surface area contributed by atoms with Crippen LogP contribution in [0.1, 0.15) is 17.3 Å². The van der Waals surface area contributed by atoms with Gasteiger partial charge in [-0.15, -0.1) is 0 Å². The summed E-state index contributed by atoms with van der Waals surface area (Å²) >= 11 is 7.14. The first-order valence-electron chi connectivity index (χ1n) is 8.11. The van der Waals surface area contributed by atoms with Crippen LogP contribution < -0.4 is 11.2 Å². The summed E-state index contributed by atoms with van der Waals surface area (Å²) in [6.07, 6.45) is 1.73. The molecule has 2 heterocycles. The minimum Gasteiger partial charge on any atom is -0.309 e. The first-order valence-corrected chi connectivity index (χ1v) is 9.47. The second kappa shape index (κ2) is 7.98. The van der Waals surface area contributed by atoms with Gasteiger partial charge in [-0.1, -0.05) is 59.8 Å². The fraction of sp³-hybridized carbons (Fsp3) is 0.222. The smallest absolute Gasteiger partial charge is 0.309 e. The highest BCUT2D eigenvalue weighted by atomic mass is 35.5. The zero-order valence-corrected chi connectivity index (χ0v) is 16.3. The average molecular weight is 405 g/mol. The topological polar surface area (TPSA) is 89.8 Å². The van der Waals surface area contributed by atoms with Crippen molar-refractivity contribution < 1.29 is 4.79 Å². The minimum absolute atomic E-state index is 0.0499. The minimum atomic E-state index is -0.543. The molecule has 1 aromatic carbocycles. The van der Waals surface area contributed by atoms with E-state index < -0.39 is 11.2 Å². The Morgan fingerprint density at radius 3 is 2.67 bits per heavy atom. The SMILES string of the molecule is CC(Cl)=CCn1c(SCC(=O)c2ccccc2)nc2c1c(=O)[nH]c(=O)n2C. The van der Waals surface area contributed by atoms with Crippen LogP contribution in [-0.2, 0) is 13.6 Å². The Kier molecular flexibility index (Phi) is 5.67. The van der Waals surface area contributed by atoms with E-state index in [1.165, 1.54) is 23.4 Å². The highest BCUT2D eigenvalue weighted by molar-refractivity contribution is 7.99. The van der Waals surface area contributed by atoms with E-state index in [1.54, 1.807) is 41.8 Å². The first-order chi connectivity index (χ1) is 12.9. The van der Waals surface area contributed by atoms with E-state index in [-0.39, 0.29) is 22.7 Å². The maximum absolute atomic E-state index is 12.4. The molecule has 0 aliphatic carbocycles. The van der Waals surface area contributed by atoms with Gasteiger partial charge in [-0.2, -0.15) is 0 Å². The summed E-state index contributed by atoms with van der Waals surface area (Å²) in [7, 11) is 1.53. The van der Waals surface area contributed by atoms with E-state index in [2.05, 4.69) is 9.97 Å². The fourth-order valence-corrected chi connectivity index (χ4v) is 3.52. The van der Waals surface area contributed by atoms with Crippen LogP contribution in [-0.4, -0.2) is 30.6 Å². The van der Waals surface area contributed by atoms with Gasteiger partial charge >= 0.3 is 5.69 Å². The molecule has 9 heteroatoms. The predicted molar refractivity (Wildman–Crippen MR) is 107 cm³/mol. The molecule has 0 atom stereocenters. The van der Waals surface area contributed by atoms with Crippen LogP contribution in [0.25, 0.3) is 11.2 Å². The summed E-state index contributed by atoms with van der Waals surface area (Å²) < 4.78 is 2.93. The molecule has 0 saturated carbocycles. The maximum atomic E-state index is 12.4. The van der Waals surface area contributed by atoms with Crippen molar-refractivity contribution in [2.75, 3.05) is 5.75 Å². The summed E-state index contributed by atoms with van der Waals surface area (Å²) in [5.74, 6) is 0.106. The molecule has 0 unspecified atom stereocenters. The molecule has 2 aromatic heterocycles. The van der Waals surface area contributed by atoms with Gasteiger partial charge in [-0.25, -0.2) is 9.78 Å². The van der Waals surface area contributed by atoms with Gasteiger partial charge < -0.3 is 4.57 Å². The van der Waals surface area contributed by atoms with Gasteiger partial charge in [-0.3, -0.25) is 19.1 Å². The monoisotopic (exact) mass is 404 g/mol. The number of hydrogen-bond acceptors (Lipinski definition) is 5. The Labute approximate surface area is 163 Å². The molecule has 3 aromatic rings. The van der Waals surface area contributed by atoms with Crippen LogP contribution in [0.2, 0.25) is 0 Å². The molecule has 0 fully saturated rings. The number of benzene rings is 1. The molecule has 1 N–H and O–H groups in total. The number of hydrogen-bond donors (Lipinski definition) is 1. The third-order valence-electron chi connectivity index (χ3n) is 3.96. The highest BCUT2D eigenvalue weighted by Gasteiger charge is 2.18. The zero-order valence-electron chi connectivity index (χ0n) is 14.7. The number of aromatic nitrogens is 4. The van der Waals surface area contributed by atoms with Gasteiger partial charge in [0.1, 0.15) is 0 Å². The predicted octanol–water partition coefficient (Wildman–Crippen LogP) is 2.54. The summed E-state index contributed by atoms with van der Waals surface area (Å²) in [6.45, 7) is 2.03. The second-order valence-corrected chi connectivity index (χ2v) is 7.40. The number of thioether (sulfide) groups is 1. The van der Waals surface area contributed by atoms with Crippen LogP contribution in [0.15, 0.2) is 56.2 Å². The van der Waals surface area contributed by atoms with E-state index in [0.717, 1.165) is 0 Å². The number of ketones is 1. The van der Waals surface area contributed by atoms with Crippen molar-refractivity contribution >= 4 is 40.3 Å². The average Bonchev–Trinajstić information content (AvgIpc) is 3.02. The van der Waals surface area contributed by atoms with Gasteiger partial charge in [0, 0.05) is 24.2 Å². The third-order valence-corrected chi connectivity index (χ3v) is 5.09. The summed E-state index contributed by atoms with van der Waals surface area (Å²) in [4.78, 5) is 43.3. The number of nitrogens with one attached hydrogen (secondary N) is 1. The number of nitrogens with zero attached hydrogens (tertiary/aromatic N) is 3. The molecule has 0 amide bonds. The quantitative estimate of drug-likeness (QED) is 0.503. The number of rotatable bonds is 6. The highest BCUT2D eigenvalue weighted by Crippen LogP contribution is 2.23. The molecule has 0 radical (unpaired) electrons. The van der Waals surface area contributed by atoms with Crippen molar-refractivity contribution in [2.24, 2.45) is 7.05 Å². The molecule has 0 aliphatic heterocycles. The zero-order chi connectivity index (χ0) is 19.6. The molecule has 7 nitrogen and oxygen atoms in total.